The van der Waals surface area contributed by atoms with Gasteiger partial charge in [-0.25, -0.2) is 0 Å². The lowest BCUT2D eigenvalue weighted by atomic mass is 10.1. The van der Waals surface area contributed by atoms with Crippen LogP contribution < -0.4 is 10.1 Å². The zero-order chi connectivity index (χ0) is 14.4. The monoisotopic (exact) mass is 287 g/mol. The van der Waals surface area contributed by atoms with Crippen LogP contribution in [0.4, 0.5) is 5.69 Å². The van der Waals surface area contributed by atoms with Crippen LogP contribution in [0.15, 0.2) is 60.8 Å². The van der Waals surface area contributed by atoms with Crippen molar-refractivity contribution in [3.8, 4) is 5.75 Å². The normalized spacial score (nSPS) is 10.5. The Labute approximate surface area is 122 Å². The number of carbonyl (C=O) groups is 1. The Morgan fingerprint density at radius 2 is 1.85 bits per heavy atom. The van der Waals surface area contributed by atoms with Crippen molar-refractivity contribution in [1.29, 1.82) is 0 Å². The van der Waals surface area contributed by atoms with Crippen molar-refractivity contribution in [3.63, 3.8) is 0 Å². The van der Waals surface area contributed by atoms with E-state index >= 15 is 0 Å². The predicted molar refractivity (Wildman–Crippen MR) is 81.5 cm³/mol. The van der Waals surface area contributed by atoms with E-state index in [1.54, 1.807) is 37.6 Å². The molecule has 20 heavy (non-hydrogen) atoms. The van der Waals surface area contributed by atoms with Gasteiger partial charge in [0.25, 0.3) is 0 Å². The molecule has 4 heteroatoms. The fraction of sp³-hybridized carbons (Fsp3) is 0.0625. The van der Waals surface area contributed by atoms with Crippen LogP contribution in [0.1, 0.15) is 10.4 Å². The molecule has 0 spiro atoms. The average molecular weight is 288 g/mol. The fourth-order valence-corrected chi connectivity index (χ4v) is 1.81. The van der Waals surface area contributed by atoms with Gasteiger partial charge in [0.1, 0.15) is 5.75 Å². The van der Waals surface area contributed by atoms with E-state index in [2.05, 4.69) is 5.32 Å². The summed E-state index contributed by atoms with van der Waals surface area (Å²) in [5, 5.41) is 3.63. The van der Waals surface area contributed by atoms with Crippen LogP contribution in [0, 0.1) is 0 Å². The van der Waals surface area contributed by atoms with E-state index in [4.69, 9.17) is 16.3 Å². The number of hydrogen-bond donors (Lipinski definition) is 1. The SMILES string of the molecule is COc1ccccc1NC=CC(=O)c1ccc(Cl)cc1. The summed E-state index contributed by atoms with van der Waals surface area (Å²) in [5.74, 6) is 0.625. The Kier molecular flexibility index (Phi) is 4.80. The zero-order valence-electron chi connectivity index (χ0n) is 11.0. The number of benzene rings is 2. The summed E-state index contributed by atoms with van der Waals surface area (Å²) in [7, 11) is 1.60. The second-order valence-electron chi connectivity index (χ2n) is 4.05. The van der Waals surface area contributed by atoms with E-state index in [9.17, 15) is 4.79 Å². The van der Waals surface area contributed by atoms with Crippen LogP contribution in [-0.2, 0) is 0 Å². The van der Waals surface area contributed by atoms with Crippen LogP contribution >= 0.6 is 11.6 Å². The van der Waals surface area contributed by atoms with Gasteiger partial charge in [0.2, 0.25) is 0 Å². The first-order valence-corrected chi connectivity index (χ1v) is 6.44. The van der Waals surface area contributed by atoms with Gasteiger partial charge in [-0.1, -0.05) is 23.7 Å². The molecule has 0 radical (unpaired) electrons. The van der Waals surface area contributed by atoms with E-state index in [1.165, 1.54) is 6.08 Å². The number of ketones is 1. The van der Waals surface area contributed by atoms with Gasteiger partial charge in [-0.3, -0.25) is 4.79 Å². The highest BCUT2D eigenvalue weighted by Gasteiger charge is 2.01. The molecule has 0 saturated carbocycles. The average Bonchev–Trinajstić information content (AvgIpc) is 2.48. The molecular weight excluding hydrogens is 274 g/mol. The fourth-order valence-electron chi connectivity index (χ4n) is 1.68. The molecule has 0 aliphatic heterocycles. The van der Waals surface area contributed by atoms with Crippen LogP contribution in [0.5, 0.6) is 5.75 Å². The van der Waals surface area contributed by atoms with Gasteiger partial charge in [-0.15, -0.1) is 0 Å². The van der Waals surface area contributed by atoms with Crippen LogP contribution in [0.3, 0.4) is 0 Å². The van der Waals surface area contributed by atoms with E-state index in [1.807, 2.05) is 24.3 Å². The topological polar surface area (TPSA) is 38.3 Å². The number of anilines is 1. The van der Waals surface area contributed by atoms with Crippen molar-refractivity contribution in [2.75, 3.05) is 12.4 Å². The summed E-state index contributed by atoms with van der Waals surface area (Å²) >= 11 is 5.78. The lowest BCUT2D eigenvalue weighted by molar-refractivity contribution is 0.104. The Hall–Kier alpha value is -2.26. The molecule has 102 valence electrons. The zero-order valence-corrected chi connectivity index (χ0v) is 11.7. The van der Waals surface area contributed by atoms with Gasteiger partial charge in [0.15, 0.2) is 5.78 Å². The lowest BCUT2D eigenvalue weighted by Crippen LogP contribution is -1.97. The quantitative estimate of drug-likeness (QED) is 0.663. The summed E-state index contributed by atoms with van der Waals surface area (Å²) in [5.41, 5.74) is 1.39. The number of ether oxygens (including phenoxy) is 1. The number of methoxy groups -OCH3 is 1. The van der Waals surface area contributed by atoms with Crippen molar-refractivity contribution in [2.24, 2.45) is 0 Å². The minimum Gasteiger partial charge on any atom is -0.495 e. The third-order valence-electron chi connectivity index (χ3n) is 2.71. The van der Waals surface area contributed by atoms with Gasteiger partial charge in [-0.05, 0) is 36.4 Å². The third kappa shape index (κ3) is 3.62. The van der Waals surface area contributed by atoms with Crippen molar-refractivity contribution >= 4 is 23.1 Å². The molecule has 0 amide bonds. The van der Waals surface area contributed by atoms with E-state index in [0.717, 1.165) is 11.4 Å². The molecule has 2 aromatic rings. The van der Waals surface area contributed by atoms with Gasteiger partial charge in [-0.2, -0.15) is 0 Å². The third-order valence-corrected chi connectivity index (χ3v) is 2.96. The molecule has 0 unspecified atom stereocenters. The molecule has 0 heterocycles. The molecule has 0 fully saturated rings. The number of hydrogen-bond acceptors (Lipinski definition) is 3. The number of carbonyl (C=O) groups excluding carboxylic acids is 1. The first-order chi connectivity index (χ1) is 9.70. The van der Waals surface area contributed by atoms with E-state index in [0.29, 0.717) is 10.6 Å². The minimum absolute atomic E-state index is 0.0935. The molecule has 3 nitrogen and oxygen atoms in total. The molecule has 0 aromatic heterocycles. The molecule has 0 aliphatic rings. The molecule has 1 N–H and O–H groups in total. The molecule has 0 atom stereocenters. The van der Waals surface area contributed by atoms with Crippen molar-refractivity contribution in [3.05, 3.63) is 71.4 Å². The molecule has 0 aliphatic carbocycles. The summed E-state index contributed by atoms with van der Waals surface area (Å²) in [6, 6.07) is 14.3. The summed E-state index contributed by atoms with van der Waals surface area (Å²) in [4.78, 5) is 11.9. The molecule has 2 rings (SSSR count). The first kappa shape index (κ1) is 14.2. The standard InChI is InChI=1S/C16H14ClNO2/c1-20-16-5-3-2-4-14(16)18-11-10-15(19)12-6-8-13(17)9-7-12/h2-11,18H,1H3. The number of para-hydroxylation sites is 2. The largest absolute Gasteiger partial charge is 0.495 e. The molecule has 0 bridgehead atoms. The maximum Gasteiger partial charge on any atom is 0.187 e. The smallest absolute Gasteiger partial charge is 0.187 e. The van der Waals surface area contributed by atoms with Crippen LogP contribution in [0.25, 0.3) is 0 Å². The summed E-state index contributed by atoms with van der Waals surface area (Å²) in [6.07, 6.45) is 3.06. The highest BCUT2D eigenvalue weighted by atomic mass is 35.5. The number of allylic oxidation sites excluding steroid dienone is 1. The highest BCUT2D eigenvalue weighted by Crippen LogP contribution is 2.22. The second-order valence-corrected chi connectivity index (χ2v) is 4.49. The maximum atomic E-state index is 11.9. The van der Waals surface area contributed by atoms with Crippen molar-refractivity contribution < 1.29 is 9.53 Å². The van der Waals surface area contributed by atoms with Gasteiger partial charge < -0.3 is 10.1 Å². The Morgan fingerprint density at radius 1 is 1.15 bits per heavy atom. The van der Waals surface area contributed by atoms with Gasteiger partial charge in [0.05, 0.1) is 12.8 Å². The number of nitrogens with one attached hydrogen (secondary N) is 1. The second kappa shape index (κ2) is 6.78. The Bertz CT molecular complexity index is 621. The van der Waals surface area contributed by atoms with Crippen LogP contribution in [0.2, 0.25) is 5.02 Å². The van der Waals surface area contributed by atoms with E-state index in [-0.39, 0.29) is 5.78 Å². The predicted octanol–water partition coefficient (Wildman–Crippen LogP) is 4.16. The molecule has 2 aromatic carbocycles. The summed E-state index contributed by atoms with van der Waals surface area (Å²) in [6.45, 7) is 0. The van der Waals surface area contributed by atoms with E-state index < -0.39 is 0 Å². The Balaban J connectivity index is 2.03. The summed E-state index contributed by atoms with van der Waals surface area (Å²) < 4.78 is 5.20. The van der Waals surface area contributed by atoms with Crippen molar-refractivity contribution in [2.45, 2.75) is 0 Å². The number of rotatable bonds is 5. The Morgan fingerprint density at radius 3 is 2.55 bits per heavy atom. The van der Waals surface area contributed by atoms with Crippen molar-refractivity contribution in [1.82, 2.24) is 0 Å². The van der Waals surface area contributed by atoms with Gasteiger partial charge >= 0.3 is 0 Å². The van der Waals surface area contributed by atoms with Gasteiger partial charge in [0, 0.05) is 22.9 Å². The number of halogens is 1. The van der Waals surface area contributed by atoms with Crippen LogP contribution in [-0.4, -0.2) is 12.9 Å². The minimum atomic E-state index is -0.0935. The maximum absolute atomic E-state index is 11.9. The molecular formula is C16H14ClNO2. The lowest BCUT2D eigenvalue weighted by Gasteiger charge is -2.06. The first-order valence-electron chi connectivity index (χ1n) is 6.06. The highest BCUT2D eigenvalue weighted by molar-refractivity contribution is 6.30. The molecule has 0 saturated heterocycles.